The SMILES string of the molecule is NC1=CC=CC(N)(C(=O)O)C1S. The highest BCUT2D eigenvalue weighted by atomic mass is 32.1. The molecule has 0 radical (unpaired) electrons. The fourth-order valence-corrected chi connectivity index (χ4v) is 1.25. The Morgan fingerprint density at radius 2 is 2.33 bits per heavy atom. The van der Waals surface area contributed by atoms with E-state index in [9.17, 15) is 4.79 Å². The van der Waals surface area contributed by atoms with Crippen molar-refractivity contribution in [1.29, 1.82) is 0 Å². The van der Waals surface area contributed by atoms with Gasteiger partial charge in [-0.15, -0.1) is 0 Å². The number of rotatable bonds is 1. The van der Waals surface area contributed by atoms with Gasteiger partial charge >= 0.3 is 5.97 Å². The van der Waals surface area contributed by atoms with Gasteiger partial charge in [0.25, 0.3) is 0 Å². The molecule has 66 valence electrons. The number of nitrogens with two attached hydrogens (primary N) is 2. The van der Waals surface area contributed by atoms with Crippen LogP contribution in [0.2, 0.25) is 0 Å². The summed E-state index contributed by atoms with van der Waals surface area (Å²) in [6.07, 6.45) is 4.49. The zero-order chi connectivity index (χ0) is 9.35. The Labute approximate surface area is 75.3 Å². The predicted octanol–water partition coefficient (Wildman–Crippen LogP) is -0.521. The highest BCUT2D eigenvalue weighted by Crippen LogP contribution is 2.23. The second-order valence-corrected chi connectivity index (χ2v) is 3.18. The topological polar surface area (TPSA) is 89.3 Å². The number of hydrogen-bond acceptors (Lipinski definition) is 4. The third-order valence-corrected chi connectivity index (χ3v) is 2.52. The summed E-state index contributed by atoms with van der Waals surface area (Å²) in [5.41, 5.74) is 9.92. The second-order valence-electron chi connectivity index (χ2n) is 2.67. The smallest absolute Gasteiger partial charge is 0.329 e. The lowest BCUT2D eigenvalue weighted by atomic mass is 9.90. The molecule has 0 spiro atoms. The average molecular weight is 186 g/mol. The van der Waals surface area contributed by atoms with Gasteiger partial charge in [0, 0.05) is 5.70 Å². The number of carboxylic acid groups (broad SMARTS) is 1. The van der Waals surface area contributed by atoms with Gasteiger partial charge in [-0.05, 0) is 6.08 Å². The Morgan fingerprint density at radius 1 is 1.75 bits per heavy atom. The van der Waals surface area contributed by atoms with Gasteiger partial charge in [-0.2, -0.15) is 12.6 Å². The van der Waals surface area contributed by atoms with E-state index in [1.807, 2.05) is 0 Å². The Balaban J connectivity index is 3.03. The molecule has 0 aliphatic heterocycles. The van der Waals surface area contributed by atoms with E-state index < -0.39 is 16.8 Å². The van der Waals surface area contributed by atoms with Crippen LogP contribution in [0.3, 0.4) is 0 Å². The maximum atomic E-state index is 10.7. The lowest BCUT2D eigenvalue weighted by Gasteiger charge is -2.29. The summed E-state index contributed by atoms with van der Waals surface area (Å²) in [5, 5.41) is 8.11. The Hall–Kier alpha value is -0.940. The van der Waals surface area contributed by atoms with Crippen LogP contribution in [0.25, 0.3) is 0 Å². The molecule has 2 atom stereocenters. The summed E-state index contributed by atoms with van der Waals surface area (Å²) in [6, 6.07) is 0. The number of aliphatic carboxylic acids is 1. The van der Waals surface area contributed by atoms with Gasteiger partial charge in [0.05, 0.1) is 5.25 Å². The molecule has 1 aliphatic rings. The summed E-state index contributed by atoms with van der Waals surface area (Å²) in [5.74, 6) is -1.13. The van der Waals surface area contributed by atoms with Crippen molar-refractivity contribution in [2.45, 2.75) is 10.8 Å². The first kappa shape index (κ1) is 9.15. The van der Waals surface area contributed by atoms with Crippen LogP contribution < -0.4 is 11.5 Å². The lowest BCUT2D eigenvalue weighted by Crippen LogP contribution is -2.56. The summed E-state index contributed by atoms with van der Waals surface area (Å²) in [4.78, 5) is 10.7. The summed E-state index contributed by atoms with van der Waals surface area (Å²) >= 11 is 4.03. The average Bonchev–Trinajstić information content (AvgIpc) is 2.00. The number of thiol groups is 1. The maximum absolute atomic E-state index is 10.7. The van der Waals surface area contributed by atoms with Crippen LogP contribution in [0.5, 0.6) is 0 Å². The Kier molecular flexibility index (Phi) is 2.16. The van der Waals surface area contributed by atoms with E-state index in [-0.39, 0.29) is 0 Å². The van der Waals surface area contributed by atoms with Gasteiger partial charge in [-0.1, -0.05) is 12.2 Å². The fraction of sp³-hybridized carbons (Fsp3) is 0.286. The maximum Gasteiger partial charge on any atom is 0.329 e. The van der Waals surface area contributed by atoms with E-state index in [4.69, 9.17) is 16.6 Å². The zero-order valence-electron chi connectivity index (χ0n) is 6.27. The first-order chi connectivity index (χ1) is 5.48. The molecule has 5 N–H and O–H groups in total. The van der Waals surface area contributed by atoms with Crippen LogP contribution in [0.15, 0.2) is 23.9 Å². The molecule has 0 fully saturated rings. The molecular weight excluding hydrogens is 176 g/mol. The van der Waals surface area contributed by atoms with E-state index in [0.29, 0.717) is 5.70 Å². The standard InChI is InChI=1S/C7H10N2O2S/c8-4-2-1-3-7(9,5(4)12)6(10)11/h1-3,5,12H,8-9H2,(H,10,11). The first-order valence-electron chi connectivity index (χ1n) is 3.33. The molecule has 0 saturated heterocycles. The van der Waals surface area contributed by atoms with E-state index in [2.05, 4.69) is 12.6 Å². The van der Waals surface area contributed by atoms with Gasteiger partial charge in [0.1, 0.15) is 0 Å². The summed E-state index contributed by atoms with van der Waals surface area (Å²) < 4.78 is 0. The van der Waals surface area contributed by atoms with Crippen molar-refractivity contribution in [1.82, 2.24) is 0 Å². The highest BCUT2D eigenvalue weighted by Gasteiger charge is 2.40. The summed E-state index contributed by atoms with van der Waals surface area (Å²) in [7, 11) is 0. The molecule has 2 unspecified atom stereocenters. The van der Waals surface area contributed by atoms with Crippen molar-refractivity contribution < 1.29 is 9.90 Å². The van der Waals surface area contributed by atoms with Gasteiger partial charge in [-0.25, -0.2) is 4.79 Å². The molecule has 0 bridgehead atoms. The number of hydrogen-bond donors (Lipinski definition) is 4. The molecule has 0 heterocycles. The van der Waals surface area contributed by atoms with Crippen molar-refractivity contribution in [3.63, 3.8) is 0 Å². The van der Waals surface area contributed by atoms with Crippen molar-refractivity contribution in [3.05, 3.63) is 23.9 Å². The predicted molar refractivity (Wildman–Crippen MR) is 48.7 cm³/mol. The highest BCUT2D eigenvalue weighted by molar-refractivity contribution is 7.81. The van der Waals surface area contributed by atoms with E-state index in [1.165, 1.54) is 12.2 Å². The molecule has 4 nitrogen and oxygen atoms in total. The van der Waals surface area contributed by atoms with Crippen LogP contribution in [0, 0.1) is 0 Å². The Bertz CT molecular complexity index is 275. The monoisotopic (exact) mass is 186 g/mol. The number of carboxylic acids is 1. The van der Waals surface area contributed by atoms with Gasteiger partial charge in [0.15, 0.2) is 5.54 Å². The number of allylic oxidation sites excluding steroid dienone is 2. The molecule has 0 amide bonds. The molecule has 0 saturated carbocycles. The first-order valence-corrected chi connectivity index (χ1v) is 3.85. The van der Waals surface area contributed by atoms with Crippen LogP contribution >= 0.6 is 12.6 Å². The van der Waals surface area contributed by atoms with E-state index in [0.717, 1.165) is 0 Å². The third kappa shape index (κ3) is 1.21. The van der Waals surface area contributed by atoms with Crippen LogP contribution in [0.1, 0.15) is 0 Å². The zero-order valence-corrected chi connectivity index (χ0v) is 7.16. The Morgan fingerprint density at radius 3 is 2.75 bits per heavy atom. The van der Waals surface area contributed by atoms with Crippen molar-refractivity contribution >= 4 is 18.6 Å². The molecule has 12 heavy (non-hydrogen) atoms. The lowest BCUT2D eigenvalue weighted by molar-refractivity contribution is -0.141. The van der Waals surface area contributed by atoms with E-state index >= 15 is 0 Å². The molecule has 0 aromatic heterocycles. The molecule has 0 aromatic carbocycles. The van der Waals surface area contributed by atoms with Crippen LogP contribution in [-0.2, 0) is 4.79 Å². The van der Waals surface area contributed by atoms with Crippen molar-refractivity contribution in [3.8, 4) is 0 Å². The van der Waals surface area contributed by atoms with Crippen molar-refractivity contribution in [2.24, 2.45) is 11.5 Å². The summed E-state index contributed by atoms with van der Waals surface area (Å²) in [6.45, 7) is 0. The minimum Gasteiger partial charge on any atom is -0.480 e. The molecule has 1 aliphatic carbocycles. The second kappa shape index (κ2) is 2.84. The minimum atomic E-state index is -1.48. The molecule has 1 rings (SSSR count). The molecule has 0 aromatic rings. The van der Waals surface area contributed by atoms with E-state index in [1.54, 1.807) is 6.08 Å². The molecular formula is C7H10N2O2S. The third-order valence-electron chi connectivity index (χ3n) is 1.80. The van der Waals surface area contributed by atoms with Gasteiger partial charge in [0.2, 0.25) is 0 Å². The quantitative estimate of drug-likeness (QED) is 0.415. The number of carbonyl (C=O) groups is 1. The van der Waals surface area contributed by atoms with Crippen LogP contribution in [-0.4, -0.2) is 21.9 Å². The molecule has 5 heteroatoms. The largest absolute Gasteiger partial charge is 0.480 e. The van der Waals surface area contributed by atoms with Crippen molar-refractivity contribution in [2.75, 3.05) is 0 Å². The van der Waals surface area contributed by atoms with Gasteiger partial charge < -0.3 is 16.6 Å². The minimum absolute atomic E-state index is 0.366. The van der Waals surface area contributed by atoms with Gasteiger partial charge in [-0.3, -0.25) is 0 Å². The van der Waals surface area contributed by atoms with Crippen LogP contribution in [0.4, 0.5) is 0 Å². The fourth-order valence-electron chi connectivity index (χ4n) is 0.965. The normalized spacial score (nSPS) is 34.5.